The highest BCUT2D eigenvalue weighted by Gasteiger charge is 2.20. The van der Waals surface area contributed by atoms with Crippen molar-refractivity contribution < 1.29 is 4.74 Å². The predicted molar refractivity (Wildman–Crippen MR) is 75.9 cm³/mol. The Bertz CT molecular complexity index is 335. The highest BCUT2D eigenvalue weighted by Crippen LogP contribution is 2.28. The third kappa shape index (κ3) is 4.32. The maximum absolute atomic E-state index is 5.65. The lowest BCUT2D eigenvalue weighted by Gasteiger charge is -2.19. The molecule has 0 radical (unpaired) electrons. The van der Waals surface area contributed by atoms with Crippen LogP contribution in [0.4, 0.5) is 5.69 Å². The summed E-state index contributed by atoms with van der Waals surface area (Å²) in [6.07, 6.45) is 2.73. The standard InChI is InChI=1S/C14H20BrNO/c1-16(8-9-17-11-13-2-3-13)14-6-4-12(10-15)5-7-14/h4-7,13H,2-3,8-11H2,1H3. The van der Waals surface area contributed by atoms with Gasteiger partial charge in [-0.2, -0.15) is 0 Å². The van der Waals surface area contributed by atoms with Crippen molar-refractivity contribution in [1.82, 2.24) is 0 Å². The summed E-state index contributed by atoms with van der Waals surface area (Å²) in [5, 5.41) is 0.918. The summed E-state index contributed by atoms with van der Waals surface area (Å²) in [5.41, 5.74) is 2.57. The highest BCUT2D eigenvalue weighted by molar-refractivity contribution is 9.08. The van der Waals surface area contributed by atoms with Gasteiger partial charge in [-0.1, -0.05) is 28.1 Å². The monoisotopic (exact) mass is 297 g/mol. The van der Waals surface area contributed by atoms with Crippen LogP contribution in [-0.4, -0.2) is 26.8 Å². The minimum Gasteiger partial charge on any atom is -0.379 e. The van der Waals surface area contributed by atoms with E-state index in [1.54, 1.807) is 0 Å². The first kappa shape index (κ1) is 12.9. The number of likely N-dealkylation sites (N-methyl/N-ethyl adjacent to an activating group) is 1. The maximum Gasteiger partial charge on any atom is 0.0641 e. The van der Waals surface area contributed by atoms with Crippen molar-refractivity contribution in [2.75, 3.05) is 31.7 Å². The fourth-order valence-corrected chi connectivity index (χ4v) is 2.08. The Labute approximate surface area is 112 Å². The zero-order valence-corrected chi connectivity index (χ0v) is 11.9. The molecule has 94 valence electrons. The molecule has 0 amide bonds. The molecule has 1 aromatic carbocycles. The molecule has 1 aliphatic carbocycles. The Kier molecular flexibility index (Phi) is 4.86. The number of rotatable bonds is 7. The van der Waals surface area contributed by atoms with Gasteiger partial charge in [-0.05, 0) is 36.5 Å². The van der Waals surface area contributed by atoms with Gasteiger partial charge in [0.1, 0.15) is 0 Å². The van der Waals surface area contributed by atoms with E-state index in [1.165, 1.54) is 24.1 Å². The molecule has 0 bridgehead atoms. The summed E-state index contributed by atoms with van der Waals surface area (Å²) in [6, 6.07) is 8.65. The molecule has 1 aromatic rings. The van der Waals surface area contributed by atoms with E-state index in [-0.39, 0.29) is 0 Å². The van der Waals surface area contributed by atoms with Gasteiger partial charge < -0.3 is 9.64 Å². The molecule has 17 heavy (non-hydrogen) atoms. The van der Waals surface area contributed by atoms with Gasteiger partial charge in [0.15, 0.2) is 0 Å². The van der Waals surface area contributed by atoms with E-state index in [9.17, 15) is 0 Å². The lowest BCUT2D eigenvalue weighted by Crippen LogP contribution is -2.22. The lowest BCUT2D eigenvalue weighted by atomic mass is 10.2. The van der Waals surface area contributed by atoms with Gasteiger partial charge in [0, 0.05) is 31.2 Å². The molecule has 2 nitrogen and oxygen atoms in total. The molecule has 0 aromatic heterocycles. The molecular formula is C14H20BrNO. The zero-order chi connectivity index (χ0) is 12.1. The number of hydrogen-bond donors (Lipinski definition) is 0. The normalized spacial score (nSPS) is 14.9. The highest BCUT2D eigenvalue weighted by atomic mass is 79.9. The fourth-order valence-electron chi connectivity index (χ4n) is 1.70. The quantitative estimate of drug-likeness (QED) is 0.565. The first-order valence-electron chi connectivity index (χ1n) is 6.23. The minimum atomic E-state index is 0.827. The fraction of sp³-hybridized carbons (Fsp3) is 0.571. The van der Waals surface area contributed by atoms with Crippen molar-refractivity contribution in [3.05, 3.63) is 29.8 Å². The molecule has 1 saturated carbocycles. The molecule has 0 N–H and O–H groups in total. The predicted octanol–water partition coefficient (Wildman–Crippen LogP) is 3.44. The zero-order valence-electron chi connectivity index (χ0n) is 10.4. The first-order valence-corrected chi connectivity index (χ1v) is 7.35. The van der Waals surface area contributed by atoms with Crippen molar-refractivity contribution in [3.8, 4) is 0 Å². The third-order valence-electron chi connectivity index (χ3n) is 3.15. The molecule has 0 unspecified atom stereocenters. The van der Waals surface area contributed by atoms with Crippen LogP contribution in [0.1, 0.15) is 18.4 Å². The van der Waals surface area contributed by atoms with E-state index in [0.717, 1.165) is 31.0 Å². The van der Waals surface area contributed by atoms with Gasteiger partial charge in [-0.25, -0.2) is 0 Å². The molecular weight excluding hydrogens is 278 g/mol. The van der Waals surface area contributed by atoms with Crippen LogP contribution in [-0.2, 0) is 10.1 Å². The average molecular weight is 298 g/mol. The topological polar surface area (TPSA) is 12.5 Å². The van der Waals surface area contributed by atoms with E-state index in [2.05, 4.69) is 52.1 Å². The summed E-state index contributed by atoms with van der Waals surface area (Å²) in [5.74, 6) is 0.860. The van der Waals surface area contributed by atoms with Crippen LogP contribution in [0.2, 0.25) is 0 Å². The molecule has 0 aliphatic heterocycles. The number of nitrogens with zero attached hydrogens (tertiary/aromatic N) is 1. The second-order valence-corrected chi connectivity index (χ2v) is 5.30. The molecule has 0 saturated heterocycles. The number of ether oxygens (including phenoxy) is 1. The second-order valence-electron chi connectivity index (χ2n) is 4.74. The van der Waals surface area contributed by atoms with E-state index < -0.39 is 0 Å². The maximum atomic E-state index is 5.65. The van der Waals surface area contributed by atoms with Crippen LogP contribution in [0.25, 0.3) is 0 Å². The van der Waals surface area contributed by atoms with Crippen LogP contribution in [0, 0.1) is 5.92 Å². The molecule has 0 atom stereocenters. The van der Waals surface area contributed by atoms with Crippen molar-refractivity contribution in [1.29, 1.82) is 0 Å². The van der Waals surface area contributed by atoms with Crippen molar-refractivity contribution in [2.45, 2.75) is 18.2 Å². The molecule has 1 aliphatic rings. The Morgan fingerprint density at radius 1 is 1.29 bits per heavy atom. The van der Waals surface area contributed by atoms with Gasteiger partial charge in [-0.3, -0.25) is 0 Å². The SMILES string of the molecule is CN(CCOCC1CC1)c1ccc(CBr)cc1. The largest absolute Gasteiger partial charge is 0.379 e. The molecule has 1 fully saturated rings. The molecule has 0 spiro atoms. The van der Waals surface area contributed by atoms with Crippen LogP contribution < -0.4 is 4.90 Å². The van der Waals surface area contributed by atoms with E-state index in [1.807, 2.05) is 0 Å². The van der Waals surface area contributed by atoms with Gasteiger partial charge in [0.25, 0.3) is 0 Å². The first-order chi connectivity index (χ1) is 8.29. The van der Waals surface area contributed by atoms with Crippen LogP contribution in [0.15, 0.2) is 24.3 Å². The Morgan fingerprint density at radius 2 is 2.00 bits per heavy atom. The van der Waals surface area contributed by atoms with E-state index >= 15 is 0 Å². The van der Waals surface area contributed by atoms with E-state index in [4.69, 9.17) is 4.74 Å². The average Bonchev–Trinajstić information content (AvgIpc) is 3.18. The third-order valence-corrected chi connectivity index (χ3v) is 3.80. The molecule has 3 heteroatoms. The number of benzene rings is 1. The number of hydrogen-bond acceptors (Lipinski definition) is 2. The molecule has 2 rings (SSSR count). The summed E-state index contributed by atoms with van der Waals surface area (Å²) >= 11 is 3.46. The van der Waals surface area contributed by atoms with Gasteiger partial charge >= 0.3 is 0 Å². The summed E-state index contributed by atoms with van der Waals surface area (Å²) in [6.45, 7) is 2.74. The Hall–Kier alpha value is -0.540. The Morgan fingerprint density at radius 3 is 2.59 bits per heavy atom. The summed E-state index contributed by atoms with van der Waals surface area (Å²) in [4.78, 5) is 2.24. The summed E-state index contributed by atoms with van der Waals surface area (Å²) < 4.78 is 5.65. The Balaban J connectivity index is 1.71. The van der Waals surface area contributed by atoms with Crippen molar-refractivity contribution in [2.24, 2.45) is 5.92 Å². The van der Waals surface area contributed by atoms with Crippen LogP contribution >= 0.6 is 15.9 Å². The van der Waals surface area contributed by atoms with Gasteiger partial charge in [0.2, 0.25) is 0 Å². The van der Waals surface area contributed by atoms with E-state index in [0.29, 0.717) is 0 Å². The van der Waals surface area contributed by atoms with Crippen LogP contribution in [0.3, 0.4) is 0 Å². The smallest absolute Gasteiger partial charge is 0.0641 e. The number of alkyl halides is 1. The van der Waals surface area contributed by atoms with Gasteiger partial charge in [-0.15, -0.1) is 0 Å². The molecule has 0 heterocycles. The van der Waals surface area contributed by atoms with Gasteiger partial charge in [0.05, 0.1) is 6.61 Å². The van der Waals surface area contributed by atoms with Crippen molar-refractivity contribution >= 4 is 21.6 Å². The van der Waals surface area contributed by atoms with Crippen LogP contribution in [0.5, 0.6) is 0 Å². The number of anilines is 1. The minimum absolute atomic E-state index is 0.827. The summed E-state index contributed by atoms with van der Waals surface area (Å²) in [7, 11) is 2.11. The second kappa shape index (κ2) is 6.41. The lowest BCUT2D eigenvalue weighted by molar-refractivity contribution is 0.131. The van der Waals surface area contributed by atoms with Crippen molar-refractivity contribution in [3.63, 3.8) is 0 Å². The number of halogens is 1.